The maximum Gasteiger partial charge on any atom is 0.228 e. The van der Waals surface area contributed by atoms with Gasteiger partial charge in [0.25, 0.3) is 0 Å². The largest absolute Gasteiger partial charge is 0.326 e. The third-order valence-corrected chi connectivity index (χ3v) is 3.80. The van der Waals surface area contributed by atoms with E-state index in [4.69, 9.17) is 5.73 Å². The first-order valence-electron chi connectivity index (χ1n) is 5.92. The maximum absolute atomic E-state index is 11.2. The number of anilines is 1. The van der Waals surface area contributed by atoms with Crippen molar-refractivity contribution in [2.75, 3.05) is 5.32 Å². The summed E-state index contributed by atoms with van der Waals surface area (Å²) in [5, 5.41) is 2.84. The van der Waals surface area contributed by atoms with E-state index in [-0.39, 0.29) is 11.9 Å². The Morgan fingerprint density at radius 1 is 1.38 bits per heavy atom. The Bertz CT molecular complexity index is 438. The van der Waals surface area contributed by atoms with Gasteiger partial charge in [0.2, 0.25) is 5.91 Å². The number of carbonyl (C=O) groups excluding carboxylic acids is 1. The van der Waals surface area contributed by atoms with Crippen molar-refractivity contribution in [2.24, 2.45) is 11.7 Å². The van der Waals surface area contributed by atoms with Gasteiger partial charge in [0.15, 0.2) is 0 Å². The average molecular weight is 216 g/mol. The van der Waals surface area contributed by atoms with Crippen molar-refractivity contribution >= 4 is 11.6 Å². The van der Waals surface area contributed by atoms with Crippen LogP contribution in [-0.2, 0) is 11.2 Å². The molecule has 2 aliphatic rings. The lowest BCUT2D eigenvalue weighted by atomic mass is 9.77. The van der Waals surface area contributed by atoms with Gasteiger partial charge < -0.3 is 11.1 Å². The summed E-state index contributed by atoms with van der Waals surface area (Å²) in [6, 6.07) is 6.27. The fourth-order valence-corrected chi connectivity index (χ4v) is 2.53. The molecule has 0 aromatic heterocycles. The van der Waals surface area contributed by atoms with E-state index in [0.717, 1.165) is 11.3 Å². The van der Waals surface area contributed by atoms with Crippen molar-refractivity contribution in [1.82, 2.24) is 0 Å². The number of hydrogen-bond donors (Lipinski definition) is 2. The van der Waals surface area contributed by atoms with Gasteiger partial charge in [0, 0.05) is 11.7 Å². The minimum Gasteiger partial charge on any atom is -0.326 e. The summed E-state index contributed by atoms with van der Waals surface area (Å²) in [5.41, 5.74) is 9.45. The molecule has 1 atom stereocenters. The summed E-state index contributed by atoms with van der Waals surface area (Å²) in [5.74, 6) is 0.729. The first kappa shape index (κ1) is 9.85. The molecule has 3 rings (SSSR count). The number of amides is 1. The van der Waals surface area contributed by atoms with Crippen LogP contribution in [0.2, 0.25) is 0 Å². The first-order valence-corrected chi connectivity index (χ1v) is 5.92. The molecule has 1 aliphatic heterocycles. The van der Waals surface area contributed by atoms with Gasteiger partial charge in [0.1, 0.15) is 0 Å². The van der Waals surface area contributed by atoms with Crippen LogP contribution >= 0.6 is 0 Å². The molecular formula is C13H16N2O. The molecule has 16 heavy (non-hydrogen) atoms. The standard InChI is InChI=1S/C13H16N2O/c14-13(8-2-1-3-8)9-4-5-11-10(6-9)7-12(16)15-11/h4-6,8,13H,1-3,7,14H2,(H,15,16). The highest BCUT2D eigenvalue weighted by atomic mass is 16.1. The van der Waals surface area contributed by atoms with Crippen LogP contribution in [0.1, 0.15) is 36.4 Å². The molecule has 0 bridgehead atoms. The van der Waals surface area contributed by atoms with Crippen molar-refractivity contribution in [3.8, 4) is 0 Å². The predicted octanol–water partition coefficient (Wildman–Crippen LogP) is 1.98. The van der Waals surface area contributed by atoms with E-state index >= 15 is 0 Å². The SMILES string of the molecule is NC(c1ccc2c(c1)CC(=O)N2)C1CCC1. The number of fused-ring (bicyclic) bond motifs is 1. The summed E-state index contributed by atoms with van der Waals surface area (Å²) >= 11 is 0. The minimum absolute atomic E-state index is 0.0874. The molecule has 1 aliphatic carbocycles. The van der Waals surface area contributed by atoms with Crippen LogP contribution < -0.4 is 11.1 Å². The van der Waals surface area contributed by atoms with Crippen LogP contribution in [0.3, 0.4) is 0 Å². The number of rotatable bonds is 2. The van der Waals surface area contributed by atoms with Gasteiger partial charge in [-0.3, -0.25) is 4.79 Å². The number of benzene rings is 1. The van der Waals surface area contributed by atoms with E-state index in [1.807, 2.05) is 12.1 Å². The number of carbonyl (C=O) groups is 1. The monoisotopic (exact) mass is 216 g/mol. The van der Waals surface area contributed by atoms with E-state index in [1.54, 1.807) is 0 Å². The Hall–Kier alpha value is -1.35. The normalized spacial score (nSPS) is 21.2. The Balaban J connectivity index is 1.86. The van der Waals surface area contributed by atoms with E-state index in [9.17, 15) is 4.79 Å². The number of hydrogen-bond acceptors (Lipinski definition) is 2. The molecule has 1 unspecified atom stereocenters. The van der Waals surface area contributed by atoms with Crippen molar-refractivity contribution in [1.29, 1.82) is 0 Å². The second-order valence-corrected chi connectivity index (χ2v) is 4.86. The highest BCUT2D eigenvalue weighted by Crippen LogP contribution is 2.37. The predicted molar refractivity (Wildman–Crippen MR) is 63.0 cm³/mol. The molecule has 1 aromatic rings. The summed E-state index contributed by atoms with van der Waals surface area (Å²) < 4.78 is 0. The lowest BCUT2D eigenvalue weighted by Gasteiger charge is -2.31. The zero-order valence-corrected chi connectivity index (χ0v) is 9.20. The van der Waals surface area contributed by atoms with E-state index in [0.29, 0.717) is 12.3 Å². The molecule has 1 saturated carbocycles. The maximum atomic E-state index is 11.2. The van der Waals surface area contributed by atoms with Crippen molar-refractivity contribution in [2.45, 2.75) is 31.7 Å². The highest BCUT2D eigenvalue weighted by molar-refractivity contribution is 5.99. The van der Waals surface area contributed by atoms with Crippen LogP contribution in [0.5, 0.6) is 0 Å². The number of nitrogens with one attached hydrogen (secondary N) is 1. The zero-order chi connectivity index (χ0) is 11.1. The van der Waals surface area contributed by atoms with Gasteiger partial charge in [-0.15, -0.1) is 0 Å². The average Bonchev–Trinajstić information content (AvgIpc) is 2.53. The Morgan fingerprint density at radius 3 is 2.88 bits per heavy atom. The van der Waals surface area contributed by atoms with Gasteiger partial charge in [0.05, 0.1) is 6.42 Å². The van der Waals surface area contributed by atoms with Gasteiger partial charge >= 0.3 is 0 Å². The van der Waals surface area contributed by atoms with E-state index in [1.165, 1.54) is 24.8 Å². The van der Waals surface area contributed by atoms with E-state index in [2.05, 4.69) is 11.4 Å². The summed E-state index contributed by atoms with van der Waals surface area (Å²) in [6.07, 6.45) is 4.30. The molecule has 3 heteroatoms. The van der Waals surface area contributed by atoms with Gasteiger partial charge in [-0.2, -0.15) is 0 Å². The van der Waals surface area contributed by atoms with Crippen LogP contribution in [0.4, 0.5) is 5.69 Å². The molecule has 1 heterocycles. The minimum atomic E-state index is 0.0874. The van der Waals surface area contributed by atoms with Gasteiger partial charge in [-0.25, -0.2) is 0 Å². The molecule has 1 amide bonds. The van der Waals surface area contributed by atoms with Crippen LogP contribution in [0.15, 0.2) is 18.2 Å². The third-order valence-electron chi connectivity index (χ3n) is 3.80. The summed E-state index contributed by atoms with van der Waals surface area (Å²) in [7, 11) is 0. The molecule has 1 aromatic carbocycles. The fourth-order valence-electron chi connectivity index (χ4n) is 2.53. The Kier molecular flexibility index (Phi) is 2.21. The quantitative estimate of drug-likeness (QED) is 0.794. The molecule has 3 N–H and O–H groups in total. The Labute approximate surface area is 95.0 Å². The lowest BCUT2D eigenvalue weighted by molar-refractivity contribution is -0.115. The molecular weight excluding hydrogens is 200 g/mol. The second kappa shape index (κ2) is 3.59. The van der Waals surface area contributed by atoms with Crippen LogP contribution in [0.25, 0.3) is 0 Å². The molecule has 84 valence electrons. The van der Waals surface area contributed by atoms with Gasteiger partial charge in [-0.05, 0) is 36.0 Å². The summed E-state index contributed by atoms with van der Waals surface area (Å²) in [6.45, 7) is 0. The summed E-state index contributed by atoms with van der Waals surface area (Å²) in [4.78, 5) is 11.2. The van der Waals surface area contributed by atoms with Crippen molar-refractivity contribution in [3.63, 3.8) is 0 Å². The van der Waals surface area contributed by atoms with E-state index < -0.39 is 0 Å². The zero-order valence-electron chi connectivity index (χ0n) is 9.20. The Morgan fingerprint density at radius 2 is 2.19 bits per heavy atom. The fraction of sp³-hybridized carbons (Fsp3) is 0.462. The molecule has 0 spiro atoms. The smallest absolute Gasteiger partial charge is 0.228 e. The molecule has 0 radical (unpaired) electrons. The number of nitrogens with two attached hydrogens (primary N) is 1. The van der Waals surface area contributed by atoms with Crippen LogP contribution in [-0.4, -0.2) is 5.91 Å². The van der Waals surface area contributed by atoms with Crippen molar-refractivity contribution in [3.05, 3.63) is 29.3 Å². The van der Waals surface area contributed by atoms with Gasteiger partial charge in [-0.1, -0.05) is 18.6 Å². The molecule has 0 saturated heterocycles. The van der Waals surface area contributed by atoms with Crippen molar-refractivity contribution < 1.29 is 4.79 Å². The molecule has 3 nitrogen and oxygen atoms in total. The third kappa shape index (κ3) is 1.52. The van der Waals surface area contributed by atoms with Crippen LogP contribution in [0, 0.1) is 5.92 Å². The second-order valence-electron chi connectivity index (χ2n) is 4.86. The molecule has 1 fully saturated rings. The lowest BCUT2D eigenvalue weighted by Crippen LogP contribution is -2.26. The topological polar surface area (TPSA) is 55.1 Å². The first-order chi connectivity index (χ1) is 7.74. The highest BCUT2D eigenvalue weighted by Gasteiger charge is 2.27.